The first-order chi connectivity index (χ1) is 6.04. The van der Waals surface area contributed by atoms with Gasteiger partial charge in [0, 0.05) is 11.4 Å². The van der Waals surface area contributed by atoms with Crippen LogP contribution >= 0.6 is 11.3 Å². The predicted octanol–water partition coefficient (Wildman–Crippen LogP) is 2.10. The van der Waals surface area contributed by atoms with Gasteiger partial charge in [-0.25, -0.2) is 4.79 Å². The van der Waals surface area contributed by atoms with Crippen molar-refractivity contribution in [3.8, 4) is 0 Å². The maximum atomic E-state index is 10.8. The molecular weight excluding hydrogens is 186 g/mol. The van der Waals surface area contributed by atoms with Crippen LogP contribution in [0.4, 0.5) is 0 Å². The van der Waals surface area contributed by atoms with E-state index >= 15 is 0 Å². The standard InChI is InChI=1S/C9H13NO2S/c1-5(2)8(10)6-3-13-4-7(6)9(11)12/h3-5,8H,10H2,1-2H3,(H,11,12)/t8-/m1/s1. The third-order valence-electron chi connectivity index (χ3n) is 2.00. The minimum absolute atomic E-state index is 0.183. The van der Waals surface area contributed by atoms with Crippen molar-refractivity contribution >= 4 is 17.3 Å². The molecule has 1 atom stereocenters. The van der Waals surface area contributed by atoms with E-state index in [-0.39, 0.29) is 12.0 Å². The number of hydrogen-bond acceptors (Lipinski definition) is 3. The van der Waals surface area contributed by atoms with Crippen LogP contribution in [0.1, 0.15) is 35.8 Å². The van der Waals surface area contributed by atoms with Crippen LogP contribution in [-0.2, 0) is 0 Å². The molecule has 1 heterocycles. The highest BCUT2D eigenvalue weighted by Crippen LogP contribution is 2.25. The summed E-state index contributed by atoms with van der Waals surface area (Å²) in [6, 6.07) is -0.183. The maximum absolute atomic E-state index is 10.8. The Bertz CT molecular complexity index is 306. The molecule has 0 aliphatic heterocycles. The fraction of sp³-hybridized carbons (Fsp3) is 0.444. The van der Waals surface area contributed by atoms with E-state index in [1.54, 1.807) is 5.38 Å². The average molecular weight is 199 g/mol. The molecular formula is C9H13NO2S. The van der Waals surface area contributed by atoms with Crippen LogP contribution < -0.4 is 5.73 Å². The van der Waals surface area contributed by atoms with E-state index in [0.717, 1.165) is 5.56 Å². The van der Waals surface area contributed by atoms with Crippen molar-refractivity contribution in [2.75, 3.05) is 0 Å². The molecule has 0 bridgehead atoms. The Morgan fingerprint density at radius 1 is 1.54 bits per heavy atom. The van der Waals surface area contributed by atoms with Crippen molar-refractivity contribution in [1.82, 2.24) is 0 Å². The maximum Gasteiger partial charge on any atom is 0.336 e. The summed E-state index contributed by atoms with van der Waals surface area (Å²) in [5.74, 6) is -0.639. The quantitative estimate of drug-likeness (QED) is 0.783. The Labute approximate surface area is 81.2 Å². The van der Waals surface area contributed by atoms with E-state index in [9.17, 15) is 4.79 Å². The number of nitrogens with two attached hydrogens (primary N) is 1. The summed E-state index contributed by atoms with van der Waals surface area (Å²) < 4.78 is 0. The summed E-state index contributed by atoms with van der Waals surface area (Å²) in [5.41, 5.74) is 6.95. The molecule has 0 aliphatic rings. The monoisotopic (exact) mass is 199 g/mol. The van der Waals surface area contributed by atoms with Gasteiger partial charge < -0.3 is 10.8 Å². The van der Waals surface area contributed by atoms with Gasteiger partial charge in [0.1, 0.15) is 0 Å². The van der Waals surface area contributed by atoms with Gasteiger partial charge in [0.25, 0.3) is 0 Å². The lowest BCUT2D eigenvalue weighted by atomic mass is 9.96. The van der Waals surface area contributed by atoms with Crippen LogP contribution in [0.5, 0.6) is 0 Å². The van der Waals surface area contributed by atoms with Gasteiger partial charge >= 0.3 is 5.97 Å². The van der Waals surface area contributed by atoms with E-state index in [1.165, 1.54) is 11.3 Å². The Balaban J connectivity index is 3.00. The van der Waals surface area contributed by atoms with E-state index in [1.807, 2.05) is 19.2 Å². The SMILES string of the molecule is CC(C)[C@@H](N)c1cscc1C(=O)O. The van der Waals surface area contributed by atoms with Crippen LogP contribution in [0, 0.1) is 5.92 Å². The average Bonchev–Trinajstić information content (AvgIpc) is 2.50. The number of aromatic carboxylic acids is 1. The largest absolute Gasteiger partial charge is 0.478 e. The minimum atomic E-state index is -0.896. The van der Waals surface area contributed by atoms with Gasteiger partial charge in [0.2, 0.25) is 0 Å². The zero-order valence-corrected chi connectivity index (χ0v) is 8.47. The van der Waals surface area contributed by atoms with Gasteiger partial charge in [-0.05, 0) is 16.9 Å². The second-order valence-electron chi connectivity index (χ2n) is 3.32. The second kappa shape index (κ2) is 3.89. The molecule has 0 saturated carbocycles. The van der Waals surface area contributed by atoms with Gasteiger partial charge in [-0.2, -0.15) is 11.3 Å². The number of carboxylic acids is 1. The lowest BCUT2D eigenvalue weighted by molar-refractivity contribution is 0.0695. The van der Waals surface area contributed by atoms with Crippen LogP contribution in [0.15, 0.2) is 10.8 Å². The Morgan fingerprint density at radius 2 is 2.15 bits per heavy atom. The molecule has 0 unspecified atom stereocenters. The number of hydrogen-bond donors (Lipinski definition) is 2. The molecule has 0 amide bonds. The van der Waals surface area contributed by atoms with Crippen LogP contribution in [0.3, 0.4) is 0 Å². The normalized spacial score (nSPS) is 13.2. The molecule has 0 saturated heterocycles. The molecule has 0 radical (unpaired) electrons. The Kier molecular flexibility index (Phi) is 3.06. The van der Waals surface area contributed by atoms with E-state index in [0.29, 0.717) is 5.56 Å². The summed E-state index contributed by atoms with van der Waals surface area (Å²) in [6.07, 6.45) is 0. The highest BCUT2D eigenvalue weighted by molar-refractivity contribution is 7.08. The molecule has 0 aliphatic carbocycles. The van der Waals surface area contributed by atoms with Gasteiger partial charge in [-0.15, -0.1) is 0 Å². The zero-order chi connectivity index (χ0) is 10.0. The molecule has 3 N–H and O–H groups in total. The first-order valence-electron chi connectivity index (χ1n) is 4.09. The summed E-state index contributed by atoms with van der Waals surface area (Å²) >= 11 is 1.38. The van der Waals surface area contributed by atoms with E-state index in [2.05, 4.69) is 0 Å². The van der Waals surface area contributed by atoms with E-state index < -0.39 is 5.97 Å². The summed E-state index contributed by atoms with van der Waals surface area (Å²) in [4.78, 5) is 10.8. The number of carbonyl (C=O) groups is 1. The van der Waals surface area contributed by atoms with Gasteiger partial charge in [-0.1, -0.05) is 13.8 Å². The summed E-state index contributed by atoms with van der Waals surface area (Å²) in [5, 5.41) is 12.3. The van der Waals surface area contributed by atoms with Gasteiger partial charge in [0.05, 0.1) is 5.56 Å². The van der Waals surface area contributed by atoms with E-state index in [4.69, 9.17) is 10.8 Å². The van der Waals surface area contributed by atoms with Crippen molar-refractivity contribution in [2.24, 2.45) is 11.7 Å². The number of thiophene rings is 1. The highest BCUT2D eigenvalue weighted by Gasteiger charge is 2.18. The smallest absolute Gasteiger partial charge is 0.336 e. The van der Waals surface area contributed by atoms with Crippen molar-refractivity contribution in [1.29, 1.82) is 0 Å². The van der Waals surface area contributed by atoms with Crippen molar-refractivity contribution in [3.05, 3.63) is 21.9 Å². The molecule has 0 fully saturated rings. The molecule has 72 valence electrons. The third kappa shape index (κ3) is 2.08. The Hall–Kier alpha value is -0.870. The van der Waals surface area contributed by atoms with Crippen molar-refractivity contribution in [2.45, 2.75) is 19.9 Å². The van der Waals surface area contributed by atoms with Crippen molar-refractivity contribution in [3.63, 3.8) is 0 Å². The van der Waals surface area contributed by atoms with Crippen LogP contribution in [0.25, 0.3) is 0 Å². The lowest BCUT2D eigenvalue weighted by Gasteiger charge is -2.14. The number of rotatable bonds is 3. The highest BCUT2D eigenvalue weighted by atomic mass is 32.1. The fourth-order valence-electron chi connectivity index (χ4n) is 1.10. The first-order valence-corrected chi connectivity index (χ1v) is 5.03. The number of carboxylic acid groups (broad SMARTS) is 1. The molecule has 0 aromatic carbocycles. The minimum Gasteiger partial charge on any atom is -0.478 e. The molecule has 1 aromatic heterocycles. The topological polar surface area (TPSA) is 63.3 Å². The summed E-state index contributed by atoms with van der Waals surface area (Å²) in [6.45, 7) is 3.96. The molecule has 4 heteroatoms. The Morgan fingerprint density at radius 3 is 2.62 bits per heavy atom. The second-order valence-corrected chi connectivity index (χ2v) is 4.06. The van der Waals surface area contributed by atoms with Gasteiger partial charge in [0.15, 0.2) is 0 Å². The predicted molar refractivity (Wildman–Crippen MR) is 53.0 cm³/mol. The first kappa shape index (κ1) is 10.2. The molecule has 1 aromatic rings. The fourth-order valence-corrected chi connectivity index (χ4v) is 1.97. The zero-order valence-electron chi connectivity index (χ0n) is 7.65. The summed E-state index contributed by atoms with van der Waals surface area (Å²) in [7, 11) is 0. The van der Waals surface area contributed by atoms with Crippen molar-refractivity contribution < 1.29 is 9.90 Å². The van der Waals surface area contributed by atoms with Crippen LogP contribution in [-0.4, -0.2) is 11.1 Å². The molecule has 13 heavy (non-hydrogen) atoms. The molecule has 1 rings (SSSR count). The lowest BCUT2D eigenvalue weighted by Crippen LogP contribution is -2.18. The van der Waals surface area contributed by atoms with Crippen LogP contribution in [0.2, 0.25) is 0 Å². The van der Waals surface area contributed by atoms with Gasteiger partial charge in [-0.3, -0.25) is 0 Å². The molecule has 0 spiro atoms. The molecule has 3 nitrogen and oxygen atoms in total. The third-order valence-corrected chi connectivity index (χ3v) is 2.76.